The number of hydrogen-bond acceptors (Lipinski definition) is 3. The Hall–Kier alpha value is -1.78. The highest BCUT2D eigenvalue weighted by Crippen LogP contribution is 2.41. The number of pyridine rings is 1. The number of aryl methyl sites for hydroxylation is 1. The van der Waals surface area contributed by atoms with Gasteiger partial charge < -0.3 is 0 Å². The van der Waals surface area contributed by atoms with Crippen LogP contribution in [-0.2, 0) is 6.42 Å². The summed E-state index contributed by atoms with van der Waals surface area (Å²) >= 11 is 0. The van der Waals surface area contributed by atoms with Crippen LogP contribution >= 0.6 is 0 Å². The lowest BCUT2D eigenvalue weighted by Crippen LogP contribution is -2.32. The van der Waals surface area contributed by atoms with Crippen molar-refractivity contribution in [3.05, 3.63) is 65.2 Å². The van der Waals surface area contributed by atoms with Gasteiger partial charge in [-0.3, -0.25) is 16.3 Å². The van der Waals surface area contributed by atoms with Crippen LogP contribution in [0.2, 0.25) is 0 Å². The summed E-state index contributed by atoms with van der Waals surface area (Å²) in [5.41, 5.74) is 5.96. The number of hydrazine groups is 1. The molecule has 0 radical (unpaired) electrons. The van der Waals surface area contributed by atoms with E-state index in [2.05, 4.69) is 22.5 Å². The molecule has 19 heavy (non-hydrogen) atoms. The highest BCUT2D eigenvalue weighted by molar-refractivity contribution is 5.38. The van der Waals surface area contributed by atoms with Crippen molar-refractivity contribution in [1.29, 1.82) is 0 Å². The SMILES string of the molecule is NNC(c1ccncc1F)C1CCc2ccccc21. The summed E-state index contributed by atoms with van der Waals surface area (Å²) in [6.07, 6.45) is 4.84. The first-order valence-electron chi connectivity index (χ1n) is 6.44. The third-order valence-corrected chi connectivity index (χ3v) is 3.90. The van der Waals surface area contributed by atoms with Crippen molar-refractivity contribution >= 4 is 0 Å². The monoisotopic (exact) mass is 257 g/mol. The molecule has 1 aromatic heterocycles. The highest BCUT2D eigenvalue weighted by atomic mass is 19.1. The fourth-order valence-corrected chi connectivity index (χ4v) is 3.00. The molecule has 0 saturated carbocycles. The fourth-order valence-electron chi connectivity index (χ4n) is 3.00. The van der Waals surface area contributed by atoms with Crippen molar-refractivity contribution in [2.75, 3.05) is 0 Å². The third kappa shape index (κ3) is 2.13. The molecule has 1 aliphatic carbocycles. The lowest BCUT2D eigenvalue weighted by molar-refractivity contribution is 0.432. The molecule has 3 nitrogen and oxygen atoms in total. The second-order valence-corrected chi connectivity index (χ2v) is 4.89. The minimum Gasteiger partial charge on any atom is -0.271 e. The average molecular weight is 257 g/mol. The molecule has 98 valence electrons. The van der Waals surface area contributed by atoms with Crippen molar-refractivity contribution in [3.8, 4) is 0 Å². The molecule has 2 aromatic rings. The van der Waals surface area contributed by atoms with Crippen molar-refractivity contribution in [1.82, 2.24) is 10.4 Å². The molecule has 0 bridgehead atoms. The molecule has 0 amide bonds. The van der Waals surface area contributed by atoms with Crippen molar-refractivity contribution in [2.45, 2.75) is 24.8 Å². The average Bonchev–Trinajstić information content (AvgIpc) is 2.86. The Labute approximate surface area is 111 Å². The van der Waals surface area contributed by atoms with Gasteiger partial charge in [0.1, 0.15) is 5.82 Å². The summed E-state index contributed by atoms with van der Waals surface area (Å²) in [4.78, 5) is 3.79. The zero-order valence-corrected chi connectivity index (χ0v) is 10.5. The summed E-state index contributed by atoms with van der Waals surface area (Å²) in [5.74, 6) is 5.57. The third-order valence-electron chi connectivity index (χ3n) is 3.90. The van der Waals surface area contributed by atoms with Gasteiger partial charge in [0.2, 0.25) is 0 Å². The van der Waals surface area contributed by atoms with Crippen LogP contribution < -0.4 is 11.3 Å². The summed E-state index contributed by atoms with van der Waals surface area (Å²) in [5, 5.41) is 0. The minimum atomic E-state index is -0.310. The molecule has 4 heteroatoms. The first-order chi connectivity index (χ1) is 9.31. The van der Waals surface area contributed by atoms with E-state index >= 15 is 0 Å². The Bertz CT molecular complexity index is 585. The molecule has 3 N–H and O–H groups in total. The molecule has 1 aromatic carbocycles. The number of benzene rings is 1. The van der Waals surface area contributed by atoms with E-state index in [1.165, 1.54) is 17.3 Å². The van der Waals surface area contributed by atoms with Gasteiger partial charge in [-0.2, -0.15) is 0 Å². The molecule has 2 unspecified atom stereocenters. The second-order valence-electron chi connectivity index (χ2n) is 4.89. The van der Waals surface area contributed by atoms with Crippen LogP contribution in [0.15, 0.2) is 42.7 Å². The Morgan fingerprint density at radius 1 is 1.32 bits per heavy atom. The van der Waals surface area contributed by atoms with Crippen molar-refractivity contribution < 1.29 is 4.39 Å². The van der Waals surface area contributed by atoms with Gasteiger partial charge in [-0.15, -0.1) is 0 Å². The number of nitrogens with two attached hydrogens (primary N) is 1. The maximum absolute atomic E-state index is 13.9. The van der Waals surface area contributed by atoms with Gasteiger partial charge in [0.15, 0.2) is 0 Å². The molecule has 0 saturated heterocycles. The first-order valence-corrected chi connectivity index (χ1v) is 6.44. The van der Waals surface area contributed by atoms with Gasteiger partial charge in [-0.1, -0.05) is 24.3 Å². The minimum absolute atomic E-state index is 0.207. The zero-order valence-electron chi connectivity index (χ0n) is 10.5. The Morgan fingerprint density at radius 3 is 2.95 bits per heavy atom. The molecule has 3 rings (SSSR count). The standard InChI is InChI=1S/C15H16FN3/c16-14-9-18-8-7-13(14)15(19-17)12-6-5-10-3-1-2-4-11(10)12/h1-4,7-9,12,15,19H,5-6,17H2. The molecule has 2 atom stereocenters. The van der Waals surface area contributed by atoms with Gasteiger partial charge in [-0.05, 0) is 30.0 Å². The molecular weight excluding hydrogens is 241 g/mol. The summed E-state index contributed by atoms with van der Waals surface area (Å²) in [6.45, 7) is 0. The lowest BCUT2D eigenvalue weighted by Gasteiger charge is -2.24. The lowest BCUT2D eigenvalue weighted by atomic mass is 9.89. The molecule has 0 spiro atoms. The molecule has 1 heterocycles. The van der Waals surface area contributed by atoms with E-state index < -0.39 is 0 Å². The van der Waals surface area contributed by atoms with Gasteiger partial charge in [0, 0.05) is 17.7 Å². The topological polar surface area (TPSA) is 50.9 Å². The van der Waals surface area contributed by atoms with E-state index in [1.54, 1.807) is 12.3 Å². The predicted molar refractivity (Wildman–Crippen MR) is 71.8 cm³/mol. The van der Waals surface area contributed by atoms with Crippen molar-refractivity contribution in [2.24, 2.45) is 5.84 Å². The quantitative estimate of drug-likeness (QED) is 0.656. The van der Waals surface area contributed by atoms with Crippen LogP contribution in [0.1, 0.15) is 35.1 Å². The first kappa shape index (κ1) is 12.3. The van der Waals surface area contributed by atoms with Gasteiger partial charge in [0.05, 0.1) is 12.2 Å². The fraction of sp³-hybridized carbons (Fsp3) is 0.267. The molecular formula is C15H16FN3. The summed E-state index contributed by atoms with van der Waals surface area (Å²) in [6, 6.07) is 9.78. The van der Waals surface area contributed by atoms with E-state index in [-0.39, 0.29) is 17.8 Å². The number of nitrogens with one attached hydrogen (secondary N) is 1. The van der Waals surface area contributed by atoms with E-state index in [1.807, 2.05) is 12.1 Å². The smallest absolute Gasteiger partial charge is 0.146 e. The maximum atomic E-state index is 13.9. The van der Waals surface area contributed by atoms with Gasteiger partial charge in [0.25, 0.3) is 0 Å². The predicted octanol–water partition coefficient (Wildman–Crippen LogP) is 2.46. The zero-order chi connectivity index (χ0) is 13.2. The molecule has 1 aliphatic rings. The van der Waals surface area contributed by atoms with Crippen molar-refractivity contribution in [3.63, 3.8) is 0 Å². The van der Waals surface area contributed by atoms with E-state index in [0.29, 0.717) is 5.56 Å². The van der Waals surface area contributed by atoms with Crippen LogP contribution in [0.25, 0.3) is 0 Å². The Morgan fingerprint density at radius 2 is 2.16 bits per heavy atom. The number of rotatable bonds is 3. The van der Waals surface area contributed by atoms with E-state index in [4.69, 9.17) is 5.84 Å². The Kier molecular flexibility index (Phi) is 3.27. The van der Waals surface area contributed by atoms with Crippen LogP contribution in [-0.4, -0.2) is 4.98 Å². The van der Waals surface area contributed by atoms with E-state index in [0.717, 1.165) is 12.8 Å². The summed E-state index contributed by atoms with van der Waals surface area (Å²) in [7, 11) is 0. The normalized spacial score (nSPS) is 19.2. The maximum Gasteiger partial charge on any atom is 0.146 e. The number of hydrogen-bond donors (Lipinski definition) is 2. The van der Waals surface area contributed by atoms with E-state index in [9.17, 15) is 4.39 Å². The van der Waals surface area contributed by atoms with Crippen LogP contribution in [0.5, 0.6) is 0 Å². The second kappa shape index (κ2) is 5.07. The van der Waals surface area contributed by atoms with Gasteiger partial charge in [-0.25, -0.2) is 4.39 Å². The Balaban J connectivity index is 1.99. The number of nitrogens with zero attached hydrogens (tertiary/aromatic N) is 1. The van der Waals surface area contributed by atoms with Crippen LogP contribution in [0, 0.1) is 5.82 Å². The number of fused-ring (bicyclic) bond motifs is 1. The number of aromatic nitrogens is 1. The molecule has 0 aliphatic heterocycles. The van der Waals surface area contributed by atoms with Crippen LogP contribution in [0.3, 0.4) is 0 Å². The van der Waals surface area contributed by atoms with Crippen LogP contribution in [0.4, 0.5) is 4.39 Å². The number of halogens is 1. The van der Waals surface area contributed by atoms with Gasteiger partial charge >= 0.3 is 0 Å². The largest absolute Gasteiger partial charge is 0.271 e. The summed E-state index contributed by atoms with van der Waals surface area (Å²) < 4.78 is 13.9. The highest BCUT2D eigenvalue weighted by Gasteiger charge is 2.31. The molecule has 0 fully saturated rings.